The first kappa shape index (κ1) is 12.9. The lowest BCUT2D eigenvalue weighted by molar-refractivity contribution is -0.153. The van der Waals surface area contributed by atoms with E-state index in [-0.39, 0.29) is 18.5 Å². The Morgan fingerprint density at radius 1 is 1.56 bits per heavy atom. The molecule has 0 aromatic carbocycles. The standard InChI is InChI=1S/C12H14N2O3S/c1-9(15)14-8-18-7-11(14)12(16)17-6-10-4-2-3-5-13-10/h2-5,11H,6-8H2,1H3. The molecule has 1 aliphatic rings. The molecule has 1 aliphatic heterocycles. The molecule has 1 unspecified atom stereocenters. The van der Waals surface area contributed by atoms with Gasteiger partial charge in [-0.15, -0.1) is 11.8 Å². The number of carbonyl (C=O) groups excluding carboxylic acids is 2. The summed E-state index contributed by atoms with van der Waals surface area (Å²) < 4.78 is 5.18. The molecule has 1 aromatic heterocycles. The van der Waals surface area contributed by atoms with E-state index in [1.165, 1.54) is 11.8 Å². The SMILES string of the molecule is CC(=O)N1CSCC1C(=O)OCc1ccccn1. The summed E-state index contributed by atoms with van der Waals surface area (Å²) in [5.41, 5.74) is 0.700. The minimum absolute atomic E-state index is 0.0974. The Morgan fingerprint density at radius 3 is 3.06 bits per heavy atom. The molecule has 1 aromatic rings. The summed E-state index contributed by atoms with van der Waals surface area (Å²) in [6.07, 6.45) is 1.65. The van der Waals surface area contributed by atoms with Crippen LogP contribution < -0.4 is 0 Å². The summed E-state index contributed by atoms with van der Waals surface area (Å²) in [5.74, 6) is 0.694. The van der Waals surface area contributed by atoms with Gasteiger partial charge in [0.2, 0.25) is 5.91 Å². The first-order valence-electron chi connectivity index (χ1n) is 5.60. The fraction of sp³-hybridized carbons (Fsp3) is 0.417. The van der Waals surface area contributed by atoms with Crippen molar-refractivity contribution in [3.8, 4) is 0 Å². The monoisotopic (exact) mass is 266 g/mol. The number of thioether (sulfide) groups is 1. The predicted molar refractivity (Wildman–Crippen MR) is 67.7 cm³/mol. The summed E-state index contributed by atoms with van der Waals surface area (Å²) in [6, 6.07) is 4.97. The van der Waals surface area contributed by atoms with Crippen molar-refractivity contribution < 1.29 is 14.3 Å². The molecule has 0 saturated carbocycles. The highest BCUT2D eigenvalue weighted by atomic mass is 32.2. The highest BCUT2D eigenvalue weighted by Crippen LogP contribution is 2.22. The first-order valence-corrected chi connectivity index (χ1v) is 6.75. The highest BCUT2D eigenvalue weighted by Gasteiger charge is 2.34. The third-order valence-electron chi connectivity index (χ3n) is 2.65. The van der Waals surface area contributed by atoms with Crippen LogP contribution in [0, 0.1) is 0 Å². The number of ether oxygens (including phenoxy) is 1. The van der Waals surface area contributed by atoms with E-state index in [9.17, 15) is 9.59 Å². The number of amides is 1. The summed E-state index contributed by atoms with van der Waals surface area (Å²) in [7, 11) is 0. The first-order chi connectivity index (χ1) is 8.68. The zero-order chi connectivity index (χ0) is 13.0. The van der Waals surface area contributed by atoms with Gasteiger partial charge in [-0.2, -0.15) is 0 Å². The molecule has 2 rings (SSSR count). The molecule has 0 bridgehead atoms. The van der Waals surface area contributed by atoms with Crippen LogP contribution in [0.1, 0.15) is 12.6 Å². The Hall–Kier alpha value is -1.56. The van der Waals surface area contributed by atoms with Gasteiger partial charge in [0.15, 0.2) is 0 Å². The van der Waals surface area contributed by atoms with E-state index in [0.29, 0.717) is 17.3 Å². The topological polar surface area (TPSA) is 59.5 Å². The van der Waals surface area contributed by atoms with E-state index in [2.05, 4.69) is 4.98 Å². The smallest absolute Gasteiger partial charge is 0.330 e. The molecular weight excluding hydrogens is 252 g/mol. The molecule has 1 fully saturated rings. The third-order valence-corrected chi connectivity index (χ3v) is 3.66. The van der Waals surface area contributed by atoms with Gasteiger partial charge < -0.3 is 9.64 Å². The van der Waals surface area contributed by atoms with Crippen LogP contribution in [-0.2, 0) is 20.9 Å². The number of pyridine rings is 1. The minimum atomic E-state index is -0.462. The van der Waals surface area contributed by atoms with Crippen molar-refractivity contribution >= 4 is 23.6 Å². The number of nitrogens with zero attached hydrogens (tertiary/aromatic N) is 2. The van der Waals surface area contributed by atoms with Crippen LogP contribution >= 0.6 is 11.8 Å². The van der Waals surface area contributed by atoms with Crippen LogP contribution in [0.2, 0.25) is 0 Å². The molecular formula is C12H14N2O3S. The average Bonchev–Trinajstić information content (AvgIpc) is 2.86. The van der Waals surface area contributed by atoms with E-state index in [0.717, 1.165) is 0 Å². The summed E-state index contributed by atoms with van der Waals surface area (Å²) in [5, 5.41) is 0. The lowest BCUT2D eigenvalue weighted by atomic mass is 10.3. The van der Waals surface area contributed by atoms with Gasteiger partial charge in [0.25, 0.3) is 0 Å². The second-order valence-corrected chi connectivity index (χ2v) is 4.93. The van der Waals surface area contributed by atoms with E-state index in [1.807, 2.05) is 6.07 Å². The van der Waals surface area contributed by atoms with Crippen molar-refractivity contribution in [2.24, 2.45) is 0 Å². The molecule has 1 saturated heterocycles. The number of rotatable bonds is 3. The maximum Gasteiger partial charge on any atom is 0.330 e. The van der Waals surface area contributed by atoms with Crippen molar-refractivity contribution in [1.29, 1.82) is 0 Å². The average molecular weight is 266 g/mol. The fourth-order valence-electron chi connectivity index (χ4n) is 1.67. The fourth-order valence-corrected chi connectivity index (χ4v) is 2.88. The van der Waals surface area contributed by atoms with E-state index in [1.54, 1.807) is 30.1 Å². The Bertz CT molecular complexity index is 438. The van der Waals surface area contributed by atoms with Crippen molar-refractivity contribution in [3.63, 3.8) is 0 Å². The molecule has 0 spiro atoms. The number of esters is 1. The molecule has 96 valence electrons. The largest absolute Gasteiger partial charge is 0.458 e. The summed E-state index contributed by atoms with van der Waals surface area (Å²) in [4.78, 5) is 28.8. The molecule has 0 N–H and O–H groups in total. The second kappa shape index (κ2) is 5.86. The van der Waals surface area contributed by atoms with Gasteiger partial charge in [-0.25, -0.2) is 4.79 Å². The van der Waals surface area contributed by atoms with Gasteiger partial charge in [0.05, 0.1) is 11.6 Å². The van der Waals surface area contributed by atoms with Gasteiger partial charge in [-0.05, 0) is 12.1 Å². The number of carbonyl (C=O) groups is 2. The lowest BCUT2D eigenvalue weighted by Gasteiger charge is -2.20. The van der Waals surface area contributed by atoms with Crippen LogP contribution in [0.15, 0.2) is 24.4 Å². The Kier molecular flexibility index (Phi) is 4.19. The van der Waals surface area contributed by atoms with Gasteiger partial charge in [-0.1, -0.05) is 6.07 Å². The van der Waals surface area contributed by atoms with Crippen molar-refractivity contribution in [2.45, 2.75) is 19.6 Å². The van der Waals surface area contributed by atoms with Crippen LogP contribution in [0.25, 0.3) is 0 Å². The molecule has 6 heteroatoms. The van der Waals surface area contributed by atoms with Gasteiger partial charge in [0, 0.05) is 18.9 Å². The van der Waals surface area contributed by atoms with E-state index < -0.39 is 6.04 Å². The zero-order valence-corrected chi connectivity index (χ0v) is 10.9. The number of aromatic nitrogens is 1. The van der Waals surface area contributed by atoms with Gasteiger partial charge >= 0.3 is 5.97 Å². The molecule has 1 atom stereocenters. The quantitative estimate of drug-likeness (QED) is 0.765. The maximum absolute atomic E-state index is 11.9. The molecule has 1 amide bonds. The third kappa shape index (κ3) is 3.01. The van der Waals surface area contributed by atoms with Crippen molar-refractivity contribution in [3.05, 3.63) is 30.1 Å². The van der Waals surface area contributed by atoms with E-state index >= 15 is 0 Å². The summed E-state index contributed by atoms with van der Waals surface area (Å²) >= 11 is 1.56. The molecule has 5 nitrogen and oxygen atoms in total. The predicted octanol–water partition coefficient (Wildman–Crippen LogP) is 1.05. The lowest BCUT2D eigenvalue weighted by Crippen LogP contribution is -2.41. The normalized spacial score (nSPS) is 18.7. The van der Waals surface area contributed by atoms with Crippen LogP contribution in [0.4, 0.5) is 0 Å². The molecule has 0 radical (unpaired) electrons. The molecule has 2 heterocycles. The Morgan fingerprint density at radius 2 is 2.39 bits per heavy atom. The van der Waals surface area contributed by atoms with Crippen molar-refractivity contribution in [2.75, 3.05) is 11.6 Å². The van der Waals surface area contributed by atoms with Crippen LogP contribution in [-0.4, -0.2) is 39.4 Å². The van der Waals surface area contributed by atoms with Gasteiger partial charge in [0.1, 0.15) is 12.6 Å². The summed E-state index contributed by atoms with van der Waals surface area (Å²) in [6.45, 7) is 1.61. The van der Waals surface area contributed by atoms with Gasteiger partial charge in [-0.3, -0.25) is 9.78 Å². The maximum atomic E-state index is 11.9. The number of hydrogen-bond acceptors (Lipinski definition) is 5. The molecule has 0 aliphatic carbocycles. The van der Waals surface area contributed by atoms with Crippen molar-refractivity contribution in [1.82, 2.24) is 9.88 Å². The highest BCUT2D eigenvalue weighted by molar-refractivity contribution is 7.99. The van der Waals surface area contributed by atoms with Crippen LogP contribution in [0.5, 0.6) is 0 Å². The zero-order valence-electron chi connectivity index (χ0n) is 10.0. The minimum Gasteiger partial charge on any atom is -0.458 e. The molecule has 18 heavy (non-hydrogen) atoms. The number of hydrogen-bond donors (Lipinski definition) is 0. The Balaban J connectivity index is 1.90. The van der Waals surface area contributed by atoms with E-state index in [4.69, 9.17) is 4.74 Å². The van der Waals surface area contributed by atoms with Crippen LogP contribution in [0.3, 0.4) is 0 Å². The second-order valence-electron chi connectivity index (χ2n) is 3.93. The Labute approximate surface area is 110 Å².